The zero-order valence-corrected chi connectivity index (χ0v) is 16.4. The van der Waals surface area contributed by atoms with Crippen LogP contribution in [0, 0.1) is 0 Å². The van der Waals surface area contributed by atoms with E-state index in [2.05, 4.69) is 58.8 Å². The molecule has 0 radical (unpaired) electrons. The van der Waals surface area contributed by atoms with E-state index in [1.807, 2.05) is 30.3 Å². The van der Waals surface area contributed by atoms with Crippen molar-refractivity contribution in [2.75, 3.05) is 6.54 Å². The summed E-state index contributed by atoms with van der Waals surface area (Å²) in [7, 11) is 0. The molecule has 0 fully saturated rings. The highest BCUT2D eigenvalue weighted by Crippen LogP contribution is 2.36. The normalized spacial score (nSPS) is 17.2. The van der Waals surface area contributed by atoms with E-state index in [9.17, 15) is 5.11 Å². The van der Waals surface area contributed by atoms with E-state index in [0.717, 1.165) is 24.8 Å². The number of rotatable bonds is 5. The Labute approximate surface area is 171 Å². The third kappa shape index (κ3) is 3.59. The molecule has 1 aromatic heterocycles. The van der Waals surface area contributed by atoms with Gasteiger partial charge in [-0.05, 0) is 53.6 Å². The topological polar surface area (TPSA) is 48.0 Å². The van der Waals surface area contributed by atoms with Gasteiger partial charge in [0.05, 0.1) is 6.10 Å². The summed E-state index contributed by atoms with van der Waals surface area (Å²) in [4.78, 5) is 3.66. The van der Waals surface area contributed by atoms with Crippen molar-refractivity contribution >= 4 is 10.9 Å². The van der Waals surface area contributed by atoms with Gasteiger partial charge in [-0.1, -0.05) is 66.7 Å². The summed E-state index contributed by atoms with van der Waals surface area (Å²) >= 11 is 0. The Morgan fingerprint density at radius 2 is 1.69 bits per heavy atom. The number of aromatic nitrogens is 1. The molecular formula is C26H26N2O. The lowest BCUT2D eigenvalue weighted by Crippen LogP contribution is -2.29. The molecule has 29 heavy (non-hydrogen) atoms. The lowest BCUT2D eigenvalue weighted by molar-refractivity contribution is 0.168. The maximum atomic E-state index is 10.5. The molecule has 2 atom stereocenters. The third-order valence-electron chi connectivity index (χ3n) is 6.06. The van der Waals surface area contributed by atoms with Gasteiger partial charge >= 0.3 is 0 Å². The Kier molecular flexibility index (Phi) is 4.92. The van der Waals surface area contributed by atoms with Gasteiger partial charge in [-0.3, -0.25) is 0 Å². The second-order valence-corrected chi connectivity index (χ2v) is 7.92. The SMILES string of the molecule is O[C@H](CN[C@H]1CCCc2c1[nH]c1ccc(-c3ccccc3)cc21)c1ccccc1. The molecule has 0 unspecified atom stereocenters. The number of fused-ring (bicyclic) bond motifs is 3. The van der Waals surface area contributed by atoms with Crippen molar-refractivity contribution in [2.45, 2.75) is 31.4 Å². The average Bonchev–Trinajstić information content (AvgIpc) is 3.17. The Hall–Kier alpha value is -2.88. The summed E-state index contributed by atoms with van der Waals surface area (Å²) in [6.07, 6.45) is 2.87. The monoisotopic (exact) mass is 382 g/mol. The molecule has 1 heterocycles. The van der Waals surface area contributed by atoms with Crippen molar-refractivity contribution < 1.29 is 5.11 Å². The van der Waals surface area contributed by atoms with Gasteiger partial charge < -0.3 is 15.4 Å². The maximum absolute atomic E-state index is 10.5. The summed E-state index contributed by atoms with van der Waals surface area (Å²) in [5, 5.41) is 15.5. The highest BCUT2D eigenvalue weighted by molar-refractivity contribution is 5.89. The van der Waals surface area contributed by atoms with Crippen molar-refractivity contribution in [1.29, 1.82) is 0 Å². The number of nitrogens with one attached hydrogen (secondary N) is 2. The standard InChI is InChI=1S/C26H26N2O/c29-25(19-10-5-2-6-11-19)17-27-24-13-7-12-21-22-16-20(18-8-3-1-4-9-18)14-15-23(22)28-26(21)24/h1-6,8-11,14-16,24-25,27-29H,7,12-13,17H2/t24-,25+/m0/s1. The van der Waals surface area contributed by atoms with Gasteiger partial charge in [-0.25, -0.2) is 0 Å². The number of hydrogen-bond acceptors (Lipinski definition) is 2. The summed E-state index contributed by atoms with van der Waals surface area (Å²) in [6, 6.07) is 27.4. The molecular weight excluding hydrogens is 356 g/mol. The average molecular weight is 383 g/mol. The minimum Gasteiger partial charge on any atom is -0.387 e. The van der Waals surface area contributed by atoms with Gasteiger partial charge in [0.2, 0.25) is 0 Å². The fourth-order valence-corrected chi connectivity index (χ4v) is 4.52. The van der Waals surface area contributed by atoms with Gasteiger partial charge in [-0.2, -0.15) is 0 Å². The Balaban J connectivity index is 1.41. The molecule has 0 saturated heterocycles. The molecule has 0 saturated carbocycles. The highest BCUT2D eigenvalue weighted by Gasteiger charge is 2.25. The molecule has 3 aromatic carbocycles. The fourth-order valence-electron chi connectivity index (χ4n) is 4.52. The van der Waals surface area contributed by atoms with E-state index in [0.29, 0.717) is 6.54 Å². The second-order valence-electron chi connectivity index (χ2n) is 7.92. The first-order valence-electron chi connectivity index (χ1n) is 10.5. The molecule has 5 rings (SSSR count). The molecule has 3 heteroatoms. The highest BCUT2D eigenvalue weighted by atomic mass is 16.3. The van der Waals surface area contributed by atoms with Crippen LogP contribution in [0.3, 0.4) is 0 Å². The summed E-state index contributed by atoms with van der Waals surface area (Å²) in [5.74, 6) is 0. The van der Waals surface area contributed by atoms with Crippen LogP contribution in [0.25, 0.3) is 22.0 Å². The first-order valence-corrected chi connectivity index (χ1v) is 10.5. The molecule has 4 aromatic rings. The van der Waals surface area contributed by atoms with Crippen LogP contribution < -0.4 is 5.32 Å². The fraction of sp³-hybridized carbons (Fsp3) is 0.231. The molecule has 0 bridgehead atoms. The van der Waals surface area contributed by atoms with Crippen molar-refractivity contribution in [1.82, 2.24) is 10.3 Å². The van der Waals surface area contributed by atoms with Gasteiger partial charge in [0.25, 0.3) is 0 Å². The van der Waals surface area contributed by atoms with Gasteiger partial charge in [0.15, 0.2) is 0 Å². The zero-order valence-electron chi connectivity index (χ0n) is 16.4. The van der Waals surface area contributed by atoms with Gasteiger partial charge in [0.1, 0.15) is 0 Å². The molecule has 0 spiro atoms. The van der Waals surface area contributed by atoms with E-state index in [-0.39, 0.29) is 6.04 Å². The van der Waals surface area contributed by atoms with Crippen molar-refractivity contribution in [3.8, 4) is 11.1 Å². The van der Waals surface area contributed by atoms with Crippen molar-refractivity contribution in [3.63, 3.8) is 0 Å². The predicted molar refractivity (Wildman–Crippen MR) is 119 cm³/mol. The Morgan fingerprint density at radius 1 is 0.931 bits per heavy atom. The number of aliphatic hydroxyl groups excluding tert-OH is 1. The van der Waals surface area contributed by atoms with Crippen molar-refractivity contribution in [3.05, 3.63) is 95.7 Å². The Morgan fingerprint density at radius 3 is 2.48 bits per heavy atom. The lowest BCUT2D eigenvalue weighted by atomic mass is 9.90. The lowest BCUT2D eigenvalue weighted by Gasteiger charge is -2.25. The molecule has 3 nitrogen and oxygen atoms in total. The largest absolute Gasteiger partial charge is 0.387 e. The molecule has 0 aliphatic heterocycles. The Bertz CT molecular complexity index is 1100. The predicted octanol–water partition coefficient (Wildman–Crippen LogP) is 5.54. The van der Waals surface area contributed by atoms with Crippen LogP contribution in [0.15, 0.2) is 78.9 Å². The quantitative estimate of drug-likeness (QED) is 0.425. The first kappa shape index (κ1) is 18.2. The molecule has 1 aliphatic rings. The molecule has 1 aliphatic carbocycles. The van der Waals surface area contributed by atoms with Gasteiger partial charge in [-0.15, -0.1) is 0 Å². The second kappa shape index (κ2) is 7.86. The van der Waals surface area contributed by atoms with Crippen LogP contribution >= 0.6 is 0 Å². The third-order valence-corrected chi connectivity index (χ3v) is 6.06. The first-order chi connectivity index (χ1) is 14.3. The van der Waals surface area contributed by atoms with E-state index < -0.39 is 6.10 Å². The maximum Gasteiger partial charge on any atom is 0.0914 e. The van der Waals surface area contributed by atoms with Crippen LogP contribution in [0.2, 0.25) is 0 Å². The van der Waals surface area contributed by atoms with E-state index in [1.54, 1.807) is 0 Å². The van der Waals surface area contributed by atoms with E-state index >= 15 is 0 Å². The van der Waals surface area contributed by atoms with Crippen LogP contribution in [0.1, 0.15) is 41.8 Å². The van der Waals surface area contributed by atoms with Crippen LogP contribution in [0.5, 0.6) is 0 Å². The van der Waals surface area contributed by atoms with E-state index in [4.69, 9.17) is 0 Å². The van der Waals surface area contributed by atoms with Crippen LogP contribution in [-0.2, 0) is 6.42 Å². The minimum absolute atomic E-state index is 0.254. The van der Waals surface area contributed by atoms with Crippen LogP contribution in [-0.4, -0.2) is 16.6 Å². The summed E-state index contributed by atoms with van der Waals surface area (Å²) in [5.41, 5.74) is 7.38. The summed E-state index contributed by atoms with van der Waals surface area (Å²) < 4.78 is 0. The number of aryl methyl sites for hydroxylation is 1. The van der Waals surface area contributed by atoms with Crippen molar-refractivity contribution in [2.24, 2.45) is 0 Å². The number of benzene rings is 3. The van der Waals surface area contributed by atoms with E-state index in [1.165, 1.54) is 33.3 Å². The van der Waals surface area contributed by atoms with Crippen LogP contribution in [0.4, 0.5) is 0 Å². The number of H-pyrrole nitrogens is 1. The smallest absolute Gasteiger partial charge is 0.0914 e. The number of aromatic amines is 1. The molecule has 0 amide bonds. The summed E-state index contributed by atoms with van der Waals surface area (Å²) in [6.45, 7) is 0.554. The van der Waals surface area contributed by atoms with Gasteiger partial charge in [0, 0.05) is 29.2 Å². The molecule has 146 valence electrons. The minimum atomic E-state index is -0.490. The zero-order chi connectivity index (χ0) is 19.6. The number of hydrogen-bond donors (Lipinski definition) is 3. The molecule has 3 N–H and O–H groups in total. The number of aliphatic hydroxyl groups is 1.